The van der Waals surface area contributed by atoms with Gasteiger partial charge in [-0.05, 0) is 37.5 Å². The second-order valence-corrected chi connectivity index (χ2v) is 6.13. The van der Waals surface area contributed by atoms with Gasteiger partial charge >= 0.3 is 6.18 Å². The van der Waals surface area contributed by atoms with Gasteiger partial charge in [-0.1, -0.05) is 12.1 Å². The van der Waals surface area contributed by atoms with Crippen LogP contribution in [0.3, 0.4) is 0 Å². The van der Waals surface area contributed by atoms with Crippen molar-refractivity contribution < 1.29 is 18.0 Å². The van der Waals surface area contributed by atoms with Gasteiger partial charge in [-0.25, -0.2) is 0 Å². The third-order valence-corrected chi connectivity index (χ3v) is 4.68. The zero-order valence-corrected chi connectivity index (χ0v) is 12.4. The van der Waals surface area contributed by atoms with Crippen LogP contribution in [0.4, 0.5) is 13.2 Å². The molecule has 0 aliphatic carbocycles. The standard InChI is InChI=1S/C16H19F3N2O/c1-11-15(22)21-8-2-3-14(21)10-20(11)9-12-4-6-13(7-5-12)16(17,18)19/h4-7,11,14H,2-3,8-10H2,1H3/t11-,14+/m0/s1. The first-order valence-electron chi connectivity index (χ1n) is 7.57. The SMILES string of the molecule is C[C@H]1C(=O)N2CCC[C@@H]2CN1Cc1ccc(C(F)(F)F)cc1. The van der Waals surface area contributed by atoms with Crippen LogP contribution in [0.1, 0.15) is 30.9 Å². The smallest absolute Gasteiger partial charge is 0.337 e. The number of carbonyl (C=O) groups excluding carboxylic acids is 1. The van der Waals surface area contributed by atoms with Crippen LogP contribution < -0.4 is 0 Å². The van der Waals surface area contributed by atoms with Gasteiger partial charge in [0.25, 0.3) is 0 Å². The van der Waals surface area contributed by atoms with Gasteiger partial charge in [0.05, 0.1) is 11.6 Å². The van der Waals surface area contributed by atoms with Crippen molar-refractivity contribution in [3.05, 3.63) is 35.4 Å². The first-order valence-corrected chi connectivity index (χ1v) is 7.57. The van der Waals surface area contributed by atoms with Crippen LogP contribution in [0.5, 0.6) is 0 Å². The number of hydrogen-bond donors (Lipinski definition) is 0. The third-order valence-electron chi connectivity index (χ3n) is 4.68. The first-order chi connectivity index (χ1) is 10.4. The van der Waals surface area contributed by atoms with E-state index in [1.165, 1.54) is 12.1 Å². The molecule has 0 spiro atoms. The summed E-state index contributed by atoms with van der Waals surface area (Å²) in [5.41, 5.74) is 0.167. The fourth-order valence-electron chi connectivity index (χ4n) is 3.38. The summed E-state index contributed by atoms with van der Waals surface area (Å²) >= 11 is 0. The van der Waals surface area contributed by atoms with Crippen LogP contribution in [0, 0.1) is 0 Å². The maximum Gasteiger partial charge on any atom is 0.416 e. The summed E-state index contributed by atoms with van der Waals surface area (Å²) < 4.78 is 37.7. The Hall–Kier alpha value is -1.56. The number of halogens is 3. The van der Waals surface area contributed by atoms with Crippen molar-refractivity contribution in [3.63, 3.8) is 0 Å². The van der Waals surface area contributed by atoms with E-state index in [9.17, 15) is 18.0 Å². The summed E-state index contributed by atoms with van der Waals surface area (Å²) in [6.45, 7) is 4.02. The largest absolute Gasteiger partial charge is 0.416 e. The van der Waals surface area contributed by atoms with Gasteiger partial charge in [-0.3, -0.25) is 9.69 Å². The lowest BCUT2D eigenvalue weighted by atomic mass is 10.0. The molecular formula is C16H19F3N2O. The summed E-state index contributed by atoms with van der Waals surface area (Å²) in [6, 6.07) is 5.26. The van der Waals surface area contributed by atoms with Gasteiger partial charge in [0.1, 0.15) is 0 Å². The number of fused-ring (bicyclic) bond motifs is 1. The monoisotopic (exact) mass is 312 g/mol. The van der Waals surface area contributed by atoms with E-state index in [-0.39, 0.29) is 18.0 Å². The maximum atomic E-state index is 12.6. The molecule has 2 heterocycles. The Morgan fingerprint density at radius 2 is 1.91 bits per heavy atom. The summed E-state index contributed by atoms with van der Waals surface area (Å²) in [4.78, 5) is 16.3. The average molecular weight is 312 g/mol. The number of alkyl halides is 3. The summed E-state index contributed by atoms with van der Waals surface area (Å²) in [6.07, 6.45) is -2.25. The molecule has 0 bridgehead atoms. The molecule has 2 aliphatic heterocycles. The molecule has 1 aromatic rings. The molecule has 2 saturated heterocycles. The predicted octanol–water partition coefficient (Wildman–Crippen LogP) is 2.90. The highest BCUT2D eigenvalue weighted by atomic mass is 19.4. The number of benzene rings is 1. The second-order valence-electron chi connectivity index (χ2n) is 6.13. The molecule has 2 aliphatic rings. The quantitative estimate of drug-likeness (QED) is 0.838. The predicted molar refractivity (Wildman–Crippen MR) is 76.1 cm³/mol. The molecule has 1 amide bonds. The fourth-order valence-corrected chi connectivity index (χ4v) is 3.38. The third kappa shape index (κ3) is 2.84. The lowest BCUT2D eigenvalue weighted by Crippen LogP contribution is -2.58. The molecule has 0 radical (unpaired) electrons. The summed E-state index contributed by atoms with van der Waals surface area (Å²) in [5, 5.41) is 0. The minimum atomic E-state index is -4.31. The van der Waals surface area contributed by atoms with Gasteiger partial charge in [-0.2, -0.15) is 13.2 Å². The number of nitrogens with zero attached hydrogens (tertiary/aromatic N) is 2. The highest BCUT2D eigenvalue weighted by molar-refractivity contribution is 5.83. The Bertz CT molecular complexity index is 556. The molecule has 2 fully saturated rings. The molecule has 3 rings (SSSR count). The van der Waals surface area contributed by atoms with Crippen LogP contribution in [-0.2, 0) is 17.5 Å². The molecule has 22 heavy (non-hydrogen) atoms. The van der Waals surface area contributed by atoms with Crippen LogP contribution in [-0.4, -0.2) is 40.9 Å². The Morgan fingerprint density at radius 3 is 2.55 bits per heavy atom. The highest BCUT2D eigenvalue weighted by Crippen LogP contribution is 2.30. The van der Waals surface area contributed by atoms with E-state index < -0.39 is 11.7 Å². The van der Waals surface area contributed by atoms with Gasteiger partial charge in [-0.15, -0.1) is 0 Å². The van der Waals surface area contributed by atoms with Crippen LogP contribution in [0.2, 0.25) is 0 Å². The Labute approximate surface area is 127 Å². The van der Waals surface area contributed by atoms with Gasteiger partial charge in [0, 0.05) is 25.7 Å². The van der Waals surface area contributed by atoms with Crippen molar-refractivity contribution in [3.8, 4) is 0 Å². The molecule has 1 aromatic carbocycles. The number of rotatable bonds is 2. The van der Waals surface area contributed by atoms with E-state index in [4.69, 9.17) is 0 Å². The minimum absolute atomic E-state index is 0.140. The van der Waals surface area contributed by atoms with Crippen LogP contribution in [0.25, 0.3) is 0 Å². The molecule has 120 valence electrons. The van der Waals surface area contributed by atoms with Crippen molar-refractivity contribution in [2.45, 2.75) is 44.6 Å². The first kappa shape index (κ1) is 15.3. The minimum Gasteiger partial charge on any atom is -0.337 e. The molecule has 6 heteroatoms. The van der Waals surface area contributed by atoms with E-state index in [0.29, 0.717) is 6.54 Å². The van der Waals surface area contributed by atoms with E-state index in [1.807, 2.05) is 11.8 Å². The highest BCUT2D eigenvalue weighted by Gasteiger charge is 2.40. The number of hydrogen-bond acceptors (Lipinski definition) is 2. The van der Waals surface area contributed by atoms with E-state index >= 15 is 0 Å². The zero-order chi connectivity index (χ0) is 15.9. The second kappa shape index (κ2) is 5.57. The normalized spacial score (nSPS) is 26.4. The zero-order valence-electron chi connectivity index (χ0n) is 12.4. The average Bonchev–Trinajstić information content (AvgIpc) is 2.92. The Kier molecular flexibility index (Phi) is 3.89. The van der Waals surface area contributed by atoms with Crippen molar-refractivity contribution in [2.24, 2.45) is 0 Å². The lowest BCUT2D eigenvalue weighted by molar-refractivity contribution is -0.143. The molecule has 0 aromatic heterocycles. The topological polar surface area (TPSA) is 23.6 Å². The summed E-state index contributed by atoms with van der Waals surface area (Å²) in [7, 11) is 0. The molecule has 3 nitrogen and oxygen atoms in total. The van der Waals surface area contributed by atoms with Crippen LogP contribution in [0.15, 0.2) is 24.3 Å². The van der Waals surface area contributed by atoms with Crippen molar-refractivity contribution in [2.75, 3.05) is 13.1 Å². The van der Waals surface area contributed by atoms with E-state index in [0.717, 1.165) is 43.6 Å². The summed E-state index contributed by atoms with van der Waals surface area (Å²) in [5.74, 6) is 0.140. The maximum absolute atomic E-state index is 12.6. The molecule has 0 N–H and O–H groups in total. The number of piperazine rings is 1. The number of carbonyl (C=O) groups is 1. The molecule has 0 unspecified atom stereocenters. The van der Waals surface area contributed by atoms with Gasteiger partial charge < -0.3 is 4.90 Å². The Morgan fingerprint density at radius 1 is 1.23 bits per heavy atom. The fraction of sp³-hybridized carbons (Fsp3) is 0.562. The molecule has 2 atom stereocenters. The van der Waals surface area contributed by atoms with Crippen molar-refractivity contribution in [1.82, 2.24) is 9.80 Å². The van der Waals surface area contributed by atoms with E-state index in [1.54, 1.807) is 0 Å². The van der Waals surface area contributed by atoms with Crippen molar-refractivity contribution in [1.29, 1.82) is 0 Å². The molecular weight excluding hydrogens is 293 g/mol. The number of amides is 1. The lowest BCUT2D eigenvalue weighted by Gasteiger charge is -2.41. The van der Waals surface area contributed by atoms with E-state index in [2.05, 4.69) is 4.90 Å². The molecule has 0 saturated carbocycles. The Balaban J connectivity index is 1.71. The van der Waals surface area contributed by atoms with Crippen molar-refractivity contribution >= 4 is 5.91 Å². The van der Waals surface area contributed by atoms with Crippen LogP contribution >= 0.6 is 0 Å². The van der Waals surface area contributed by atoms with Gasteiger partial charge in [0.15, 0.2) is 0 Å². The van der Waals surface area contributed by atoms with Gasteiger partial charge in [0.2, 0.25) is 5.91 Å².